The zero-order valence-electron chi connectivity index (χ0n) is 12.4. The second-order valence-electron chi connectivity index (χ2n) is 5.43. The molecular weight excluding hydrogens is 314 g/mol. The van der Waals surface area contributed by atoms with Crippen LogP contribution >= 0.6 is 11.3 Å². The number of rotatable bonds is 4. The molecule has 23 heavy (non-hydrogen) atoms. The number of carboxylic acids is 1. The van der Waals surface area contributed by atoms with Gasteiger partial charge in [0.1, 0.15) is 4.88 Å². The number of hydrogen-bond acceptors (Lipinski definition) is 4. The topological polar surface area (TPSA) is 75.6 Å². The van der Waals surface area contributed by atoms with Gasteiger partial charge in [0.15, 0.2) is 0 Å². The first kappa shape index (κ1) is 15.7. The Labute approximate surface area is 137 Å². The van der Waals surface area contributed by atoms with E-state index in [0.717, 1.165) is 23.3 Å². The van der Waals surface area contributed by atoms with Gasteiger partial charge in [-0.25, -0.2) is 4.79 Å². The Morgan fingerprint density at radius 3 is 2.57 bits per heavy atom. The summed E-state index contributed by atoms with van der Waals surface area (Å²) in [4.78, 5) is 23.7. The number of ether oxygens (including phenoxy) is 1. The molecule has 1 aromatic carbocycles. The van der Waals surface area contributed by atoms with E-state index in [0.29, 0.717) is 17.9 Å². The number of carbonyl (C=O) groups excluding carboxylic acids is 1. The Morgan fingerprint density at radius 1 is 1.13 bits per heavy atom. The van der Waals surface area contributed by atoms with Crippen molar-refractivity contribution in [3.8, 4) is 0 Å². The second kappa shape index (κ2) is 6.93. The van der Waals surface area contributed by atoms with Crippen molar-refractivity contribution in [3.63, 3.8) is 0 Å². The van der Waals surface area contributed by atoms with Gasteiger partial charge in [0, 0.05) is 12.6 Å². The van der Waals surface area contributed by atoms with E-state index in [1.54, 1.807) is 6.07 Å². The summed E-state index contributed by atoms with van der Waals surface area (Å²) in [7, 11) is 0. The van der Waals surface area contributed by atoms with Gasteiger partial charge in [0.25, 0.3) is 5.91 Å². The average molecular weight is 331 g/mol. The minimum absolute atomic E-state index is 0.0202. The van der Waals surface area contributed by atoms with Gasteiger partial charge in [0.2, 0.25) is 0 Å². The Balaban J connectivity index is 1.63. The molecule has 0 radical (unpaired) electrons. The molecule has 3 rings (SSSR count). The molecule has 1 saturated heterocycles. The van der Waals surface area contributed by atoms with Gasteiger partial charge in [-0.3, -0.25) is 4.79 Å². The van der Waals surface area contributed by atoms with E-state index in [2.05, 4.69) is 5.32 Å². The van der Waals surface area contributed by atoms with Crippen LogP contribution < -0.4 is 5.32 Å². The molecule has 0 bridgehead atoms. The summed E-state index contributed by atoms with van der Waals surface area (Å²) < 4.78 is 5.79. The van der Waals surface area contributed by atoms with Crippen molar-refractivity contribution in [3.05, 3.63) is 57.8 Å². The molecule has 0 aliphatic carbocycles. The van der Waals surface area contributed by atoms with Crippen molar-refractivity contribution in [1.29, 1.82) is 0 Å². The molecule has 5 nitrogen and oxygen atoms in total. The average Bonchev–Trinajstić information content (AvgIpc) is 3.06. The number of amides is 1. The van der Waals surface area contributed by atoms with E-state index >= 15 is 0 Å². The second-order valence-corrected chi connectivity index (χ2v) is 6.52. The number of carboxylic acid groups (broad SMARTS) is 1. The molecule has 1 aliphatic heterocycles. The highest BCUT2D eigenvalue weighted by Crippen LogP contribution is 2.28. The summed E-state index contributed by atoms with van der Waals surface area (Å²) >= 11 is 0.992. The monoisotopic (exact) mass is 331 g/mol. The predicted molar refractivity (Wildman–Crippen MR) is 86.9 cm³/mol. The van der Waals surface area contributed by atoms with Gasteiger partial charge in [-0.15, -0.1) is 11.3 Å². The highest BCUT2D eigenvalue weighted by molar-refractivity contribution is 7.15. The normalized spacial score (nSPS) is 20.9. The highest BCUT2D eigenvalue weighted by Gasteiger charge is 2.25. The van der Waals surface area contributed by atoms with E-state index < -0.39 is 5.97 Å². The molecule has 2 aromatic rings. The maximum Gasteiger partial charge on any atom is 0.345 e. The summed E-state index contributed by atoms with van der Waals surface area (Å²) in [5, 5.41) is 11.9. The van der Waals surface area contributed by atoms with Crippen LogP contribution in [0.5, 0.6) is 0 Å². The van der Waals surface area contributed by atoms with Crippen molar-refractivity contribution < 1.29 is 19.4 Å². The SMILES string of the molecule is O=C(O)c1ccc(C(=O)N[C@H]2CCO[C@H](c3ccccc3)C2)s1. The summed E-state index contributed by atoms with van der Waals surface area (Å²) in [6, 6.07) is 13.0. The molecule has 1 aliphatic rings. The van der Waals surface area contributed by atoms with Crippen LogP contribution in [0.2, 0.25) is 0 Å². The fraction of sp³-hybridized carbons (Fsp3) is 0.294. The molecule has 2 heterocycles. The molecule has 1 fully saturated rings. The van der Waals surface area contributed by atoms with Crippen molar-refractivity contribution in [2.75, 3.05) is 6.61 Å². The van der Waals surface area contributed by atoms with E-state index in [4.69, 9.17) is 9.84 Å². The van der Waals surface area contributed by atoms with E-state index in [1.807, 2.05) is 30.3 Å². The molecule has 6 heteroatoms. The van der Waals surface area contributed by atoms with E-state index in [-0.39, 0.29) is 22.9 Å². The molecule has 120 valence electrons. The number of carbonyl (C=O) groups is 2. The minimum atomic E-state index is -1.01. The van der Waals surface area contributed by atoms with Gasteiger partial charge in [-0.05, 0) is 30.5 Å². The van der Waals surface area contributed by atoms with Crippen molar-refractivity contribution in [2.45, 2.75) is 25.0 Å². The lowest BCUT2D eigenvalue weighted by Gasteiger charge is -2.30. The Kier molecular flexibility index (Phi) is 4.73. The van der Waals surface area contributed by atoms with Crippen LogP contribution in [-0.2, 0) is 4.74 Å². The van der Waals surface area contributed by atoms with E-state index in [1.165, 1.54) is 6.07 Å². The third kappa shape index (κ3) is 3.78. The van der Waals surface area contributed by atoms with E-state index in [9.17, 15) is 9.59 Å². The zero-order valence-corrected chi connectivity index (χ0v) is 13.2. The highest BCUT2D eigenvalue weighted by atomic mass is 32.1. The van der Waals surface area contributed by atoms with Crippen LogP contribution in [-0.4, -0.2) is 29.6 Å². The van der Waals surface area contributed by atoms with Gasteiger partial charge < -0.3 is 15.2 Å². The first-order valence-electron chi connectivity index (χ1n) is 7.44. The third-order valence-corrected chi connectivity index (χ3v) is 4.90. The Morgan fingerprint density at radius 2 is 1.87 bits per heavy atom. The summed E-state index contributed by atoms with van der Waals surface area (Å²) in [6.45, 7) is 0.593. The van der Waals surface area contributed by atoms with Crippen LogP contribution in [0.3, 0.4) is 0 Å². The number of benzene rings is 1. The lowest BCUT2D eigenvalue weighted by molar-refractivity contribution is 0.000934. The molecule has 1 amide bonds. The zero-order chi connectivity index (χ0) is 16.2. The molecule has 1 aromatic heterocycles. The molecule has 2 N–H and O–H groups in total. The minimum Gasteiger partial charge on any atom is -0.477 e. The Hall–Kier alpha value is -2.18. The first-order chi connectivity index (χ1) is 11.1. The number of nitrogens with one attached hydrogen (secondary N) is 1. The predicted octanol–water partition coefficient (Wildman–Crippen LogP) is 3.10. The van der Waals surface area contributed by atoms with Crippen LogP contribution in [0.15, 0.2) is 42.5 Å². The van der Waals surface area contributed by atoms with Gasteiger partial charge >= 0.3 is 5.97 Å². The number of thiophene rings is 1. The smallest absolute Gasteiger partial charge is 0.345 e. The fourth-order valence-electron chi connectivity index (χ4n) is 2.66. The first-order valence-corrected chi connectivity index (χ1v) is 8.25. The number of hydrogen-bond donors (Lipinski definition) is 2. The maximum atomic E-state index is 12.3. The van der Waals surface area contributed by atoms with Crippen LogP contribution in [0.4, 0.5) is 0 Å². The summed E-state index contributed by atoms with van der Waals surface area (Å²) in [5.74, 6) is -1.23. The summed E-state index contributed by atoms with van der Waals surface area (Å²) in [5.41, 5.74) is 1.11. The molecule has 0 spiro atoms. The van der Waals surface area contributed by atoms with Crippen LogP contribution in [0.25, 0.3) is 0 Å². The number of aromatic carboxylic acids is 1. The maximum absolute atomic E-state index is 12.3. The van der Waals surface area contributed by atoms with Crippen molar-refractivity contribution in [1.82, 2.24) is 5.32 Å². The molecule has 0 unspecified atom stereocenters. The fourth-order valence-corrected chi connectivity index (χ4v) is 3.41. The molecule has 0 saturated carbocycles. The van der Waals surface area contributed by atoms with Crippen LogP contribution in [0, 0.1) is 0 Å². The quantitative estimate of drug-likeness (QED) is 0.903. The molecular formula is C17H17NO4S. The van der Waals surface area contributed by atoms with Crippen molar-refractivity contribution >= 4 is 23.2 Å². The Bertz CT molecular complexity index is 698. The standard InChI is InChI=1S/C17H17NO4S/c19-16(14-6-7-15(23-14)17(20)21)18-12-8-9-22-13(10-12)11-4-2-1-3-5-11/h1-7,12-13H,8-10H2,(H,18,19)(H,20,21)/t12-,13-/m0/s1. The van der Waals surface area contributed by atoms with Gasteiger partial charge in [-0.2, -0.15) is 0 Å². The summed E-state index contributed by atoms with van der Waals surface area (Å²) in [6.07, 6.45) is 1.45. The third-order valence-electron chi connectivity index (χ3n) is 3.83. The lowest BCUT2D eigenvalue weighted by Crippen LogP contribution is -2.39. The molecule has 2 atom stereocenters. The lowest BCUT2D eigenvalue weighted by atomic mass is 9.97. The van der Waals surface area contributed by atoms with Crippen molar-refractivity contribution in [2.24, 2.45) is 0 Å². The van der Waals surface area contributed by atoms with Gasteiger partial charge in [0.05, 0.1) is 11.0 Å². The van der Waals surface area contributed by atoms with Crippen LogP contribution in [0.1, 0.15) is 43.9 Å². The van der Waals surface area contributed by atoms with Gasteiger partial charge in [-0.1, -0.05) is 30.3 Å². The largest absolute Gasteiger partial charge is 0.477 e.